The first-order valence-corrected chi connectivity index (χ1v) is 15.0. The molecule has 0 unspecified atom stereocenters. The van der Waals surface area contributed by atoms with E-state index < -0.39 is 11.4 Å². The number of aryl methyl sites for hydroxylation is 1. The molecule has 0 saturated carbocycles. The molecule has 1 N–H and O–H groups in total. The molecule has 1 aliphatic rings. The summed E-state index contributed by atoms with van der Waals surface area (Å²) in [6, 6.07) is 21.8. The van der Waals surface area contributed by atoms with Crippen LogP contribution in [0.15, 0.2) is 71.3 Å². The fourth-order valence-electron chi connectivity index (χ4n) is 5.55. The highest BCUT2D eigenvalue weighted by Crippen LogP contribution is 2.36. The lowest BCUT2D eigenvalue weighted by molar-refractivity contribution is -0.153. The van der Waals surface area contributed by atoms with E-state index in [-0.39, 0.29) is 0 Å². The zero-order valence-corrected chi connectivity index (χ0v) is 25.2. The van der Waals surface area contributed by atoms with Gasteiger partial charge >= 0.3 is 5.97 Å². The third kappa shape index (κ3) is 7.02. The molecule has 8 heteroatoms. The smallest absolute Gasteiger partial charge is 0.309 e. The van der Waals surface area contributed by atoms with E-state index in [4.69, 9.17) is 20.9 Å². The van der Waals surface area contributed by atoms with Gasteiger partial charge in [-0.1, -0.05) is 79.1 Å². The highest BCUT2D eigenvalue weighted by Gasteiger charge is 2.41. The van der Waals surface area contributed by atoms with Crippen molar-refractivity contribution in [1.29, 1.82) is 0 Å². The van der Waals surface area contributed by atoms with Gasteiger partial charge in [0.25, 0.3) is 5.89 Å². The van der Waals surface area contributed by atoms with Gasteiger partial charge in [-0.3, -0.25) is 9.69 Å². The van der Waals surface area contributed by atoms with Gasteiger partial charge in [0, 0.05) is 22.7 Å². The number of carboxylic acids is 1. The zero-order chi connectivity index (χ0) is 29.7. The van der Waals surface area contributed by atoms with Crippen LogP contribution in [0.2, 0.25) is 5.02 Å². The molecule has 220 valence electrons. The second-order valence-electron chi connectivity index (χ2n) is 11.7. The Morgan fingerprint density at radius 1 is 1.07 bits per heavy atom. The van der Waals surface area contributed by atoms with Crippen molar-refractivity contribution in [3.63, 3.8) is 0 Å². The summed E-state index contributed by atoms with van der Waals surface area (Å²) in [5.74, 6) is 1.57. The average molecular weight is 588 g/mol. The highest BCUT2D eigenvalue weighted by molar-refractivity contribution is 6.31. The molecule has 2 heterocycles. The number of carboxylic acid groups (broad SMARTS) is 1. The topological polar surface area (TPSA) is 88.7 Å². The molecule has 0 spiro atoms. The van der Waals surface area contributed by atoms with Crippen LogP contribution < -0.4 is 4.74 Å². The molecule has 3 aromatic carbocycles. The lowest BCUT2D eigenvalue weighted by atomic mass is 9.76. The zero-order valence-electron chi connectivity index (χ0n) is 24.5. The van der Waals surface area contributed by atoms with Crippen LogP contribution >= 0.6 is 11.6 Å². The van der Waals surface area contributed by atoms with Crippen LogP contribution in [0.4, 0.5) is 0 Å². The van der Waals surface area contributed by atoms with Gasteiger partial charge in [-0.25, -0.2) is 0 Å². The summed E-state index contributed by atoms with van der Waals surface area (Å²) in [6.07, 6.45) is 2.62. The lowest BCUT2D eigenvalue weighted by Crippen LogP contribution is -2.44. The molecule has 7 nitrogen and oxygen atoms in total. The number of aliphatic carboxylic acids is 1. The van der Waals surface area contributed by atoms with Gasteiger partial charge in [0.2, 0.25) is 5.82 Å². The fourth-order valence-corrected chi connectivity index (χ4v) is 5.80. The highest BCUT2D eigenvalue weighted by atomic mass is 35.5. The Kier molecular flexibility index (Phi) is 9.29. The van der Waals surface area contributed by atoms with Crippen LogP contribution in [0.3, 0.4) is 0 Å². The Balaban J connectivity index is 1.15. The average Bonchev–Trinajstić information content (AvgIpc) is 3.47. The van der Waals surface area contributed by atoms with Crippen molar-refractivity contribution in [3.05, 3.63) is 88.4 Å². The number of rotatable bonds is 11. The number of halogens is 1. The van der Waals surface area contributed by atoms with E-state index >= 15 is 0 Å². The minimum atomic E-state index is -0.752. The summed E-state index contributed by atoms with van der Waals surface area (Å²) < 4.78 is 11.5. The molecule has 42 heavy (non-hydrogen) atoms. The quantitative estimate of drug-likeness (QED) is 0.192. The lowest BCUT2D eigenvalue weighted by Gasteiger charge is -2.39. The van der Waals surface area contributed by atoms with Crippen LogP contribution in [0.25, 0.3) is 22.8 Å². The first-order valence-electron chi connectivity index (χ1n) is 14.6. The van der Waals surface area contributed by atoms with Crippen molar-refractivity contribution in [2.45, 2.75) is 53.0 Å². The largest absolute Gasteiger partial charge is 0.493 e. The van der Waals surface area contributed by atoms with Gasteiger partial charge in [0.1, 0.15) is 5.75 Å². The summed E-state index contributed by atoms with van der Waals surface area (Å²) in [5, 5.41) is 15.0. The number of piperidine rings is 1. The second kappa shape index (κ2) is 13.1. The molecular weight excluding hydrogens is 550 g/mol. The van der Waals surface area contributed by atoms with E-state index in [0.717, 1.165) is 59.6 Å². The maximum atomic E-state index is 12.3. The summed E-state index contributed by atoms with van der Waals surface area (Å²) >= 11 is 6.50. The summed E-state index contributed by atoms with van der Waals surface area (Å²) in [7, 11) is 0. The van der Waals surface area contributed by atoms with Gasteiger partial charge in [-0.2, -0.15) is 4.98 Å². The Bertz CT molecular complexity index is 1510. The molecule has 0 radical (unpaired) electrons. The van der Waals surface area contributed by atoms with E-state index in [2.05, 4.69) is 41.0 Å². The number of hydrogen-bond acceptors (Lipinski definition) is 6. The number of benzene rings is 3. The first kappa shape index (κ1) is 29.8. The maximum absolute atomic E-state index is 12.3. The Hall–Kier alpha value is -3.68. The standard InChI is InChI=1S/C34H38ClN3O4/c1-23(2)20-27-12-13-28(21-29(27)35)32-36-31(37-42-32)26-10-8-25(9-11-26)22-38-17-14-34(15-18-38,33(39)40)16-19-41-30-7-5-4-6-24(30)3/h4-13,21,23H,14-20,22H2,1-3H3,(H,39,40). The Morgan fingerprint density at radius 2 is 1.79 bits per heavy atom. The number of likely N-dealkylation sites (tertiary alicyclic amines) is 1. The molecule has 0 bridgehead atoms. The minimum absolute atomic E-state index is 0.396. The molecule has 0 amide bonds. The van der Waals surface area contributed by atoms with Crippen molar-refractivity contribution in [2.75, 3.05) is 19.7 Å². The van der Waals surface area contributed by atoms with Crippen LogP contribution in [-0.2, 0) is 17.8 Å². The van der Waals surface area contributed by atoms with Gasteiger partial charge in [0.15, 0.2) is 0 Å². The van der Waals surface area contributed by atoms with Gasteiger partial charge in [-0.05, 0) is 86.5 Å². The SMILES string of the molecule is Cc1ccccc1OCCC1(C(=O)O)CCN(Cc2ccc(-c3noc(-c4ccc(CC(C)C)c(Cl)c4)n3)cc2)CC1. The van der Waals surface area contributed by atoms with Crippen molar-refractivity contribution in [2.24, 2.45) is 11.3 Å². The molecule has 4 aromatic rings. The maximum Gasteiger partial charge on any atom is 0.309 e. The minimum Gasteiger partial charge on any atom is -0.493 e. The molecule has 1 saturated heterocycles. The van der Waals surface area contributed by atoms with Gasteiger partial charge in [0.05, 0.1) is 12.0 Å². The third-order valence-electron chi connectivity index (χ3n) is 8.17. The molecular formula is C34H38ClN3O4. The Morgan fingerprint density at radius 3 is 2.45 bits per heavy atom. The number of carbonyl (C=O) groups is 1. The number of para-hydroxylation sites is 1. The van der Waals surface area contributed by atoms with Crippen LogP contribution in [-0.4, -0.2) is 45.8 Å². The number of ether oxygens (including phenoxy) is 1. The number of hydrogen-bond donors (Lipinski definition) is 1. The van der Waals surface area contributed by atoms with E-state index in [9.17, 15) is 9.90 Å². The predicted octanol–water partition coefficient (Wildman–Crippen LogP) is 7.70. The van der Waals surface area contributed by atoms with E-state index in [1.807, 2.05) is 61.5 Å². The van der Waals surface area contributed by atoms with E-state index in [1.54, 1.807) is 0 Å². The van der Waals surface area contributed by atoms with Crippen LogP contribution in [0.1, 0.15) is 49.8 Å². The molecule has 5 rings (SSSR count). The van der Waals surface area contributed by atoms with Crippen molar-refractivity contribution in [3.8, 4) is 28.6 Å². The van der Waals surface area contributed by atoms with Gasteiger partial charge < -0.3 is 14.4 Å². The molecule has 1 aromatic heterocycles. The number of aromatic nitrogens is 2. The first-order chi connectivity index (χ1) is 20.2. The van der Waals surface area contributed by atoms with Crippen molar-refractivity contribution >= 4 is 17.6 Å². The number of nitrogens with zero attached hydrogens (tertiary/aromatic N) is 3. The predicted molar refractivity (Wildman–Crippen MR) is 165 cm³/mol. The summed E-state index contributed by atoms with van der Waals surface area (Å²) in [4.78, 5) is 19.2. The molecule has 1 aliphatic heterocycles. The van der Waals surface area contributed by atoms with E-state index in [0.29, 0.717) is 48.5 Å². The second-order valence-corrected chi connectivity index (χ2v) is 12.2. The van der Waals surface area contributed by atoms with E-state index in [1.165, 1.54) is 0 Å². The van der Waals surface area contributed by atoms with Gasteiger partial charge in [-0.15, -0.1) is 0 Å². The summed E-state index contributed by atoms with van der Waals surface area (Å²) in [5.41, 5.74) is 4.24. The normalized spacial score (nSPS) is 15.2. The monoisotopic (exact) mass is 587 g/mol. The third-order valence-corrected chi connectivity index (χ3v) is 8.52. The molecule has 0 atom stereocenters. The van der Waals surface area contributed by atoms with Crippen LogP contribution in [0, 0.1) is 18.3 Å². The molecule has 0 aliphatic carbocycles. The fraction of sp³-hybridized carbons (Fsp3) is 0.382. The summed E-state index contributed by atoms with van der Waals surface area (Å²) in [6.45, 7) is 8.94. The van der Waals surface area contributed by atoms with Crippen molar-refractivity contribution < 1.29 is 19.2 Å². The molecule has 1 fully saturated rings. The van der Waals surface area contributed by atoms with Crippen molar-refractivity contribution in [1.82, 2.24) is 15.0 Å². The Labute approximate surface area is 252 Å². The van der Waals surface area contributed by atoms with Crippen LogP contribution in [0.5, 0.6) is 5.75 Å².